The first-order valence-corrected chi connectivity index (χ1v) is 5.47. The third-order valence-corrected chi connectivity index (χ3v) is 2.80. The zero-order valence-electron chi connectivity index (χ0n) is 9.67. The summed E-state index contributed by atoms with van der Waals surface area (Å²) in [6.45, 7) is 2.75. The van der Waals surface area contributed by atoms with Crippen LogP contribution in [0.25, 0.3) is 11.3 Å². The van der Waals surface area contributed by atoms with Crippen molar-refractivity contribution in [3.8, 4) is 11.3 Å². The summed E-state index contributed by atoms with van der Waals surface area (Å²) in [6.07, 6.45) is 8.52. The van der Waals surface area contributed by atoms with E-state index in [1.165, 1.54) is 0 Å². The van der Waals surface area contributed by atoms with Crippen LogP contribution in [0, 0.1) is 0 Å². The summed E-state index contributed by atoms with van der Waals surface area (Å²) in [7, 11) is 1.91. The third-order valence-electron chi connectivity index (χ3n) is 2.80. The molecule has 0 saturated carbocycles. The predicted octanol–water partition coefficient (Wildman–Crippen LogP) is 1.19. The molecule has 0 aliphatic heterocycles. The molecule has 0 radical (unpaired) electrons. The molecule has 0 aliphatic rings. The molecule has 86 valence electrons. The summed E-state index contributed by atoms with van der Waals surface area (Å²) in [5.74, 6) is 0. The number of aryl methyl sites for hydroxylation is 1. The molecular formula is C11H17N5. The van der Waals surface area contributed by atoms with E-state index < -0.39 is 0 Å². The number of nitrogens with two attached hydrogens (primary N) is 1. The zero-order valence-corrected chi connectivity index (χ0v) is 9.67. The van der Waals surface area contributed by atoms with Gasteiger partial charge in [0.25, 0.3) is 0 Å². The van der Waals surface area contributed by atoms with E-state index >= 15 is 0 Å². The van der Waals surface area contributed by atoms with Gasteiger partial charge >= 0.3 is 0 Å². The van der Waals surface area contributed by atoms with Gasteiger partial charge in [-0.25, -0.2) is 4.98 Å². The second-order valence-corrected chi connectivity index (χ2v) is 3.89. The van der Waals surface area contributed by atoms with Crippen molar-refractivity contribution in [1.82, 2.24) is 19.3 Å². The van der Waals surface area contributed by atoms with Gasteiger partial charge in [-0.1, -0.05) is 6.92 Å². The van der Waals surface area contributed by atoms with Crippen LogP contribution in [0.2, 0.25) is 0 Å². The Morgan fingerprint density at radius 1 is 1.44 bits per heavy atom. The molecule has 5 heteroatoms. The molecule has 16 heavy (non-hydrogen) atoms. The fraction of sp³-hybridized carbons (Fsp3) is 0.455. The Bertz CT molecular complexity index is 452. The van der Waals surface area contributed by atoms with E-state index in [1.54, 1.807) is 4.68 Å². The van der Waals surface area contributed by atoms with Gasteiger partial charge in [0.15, 0.2) is 0 Å². The molecule has 0 aromatic carbocycles. The first-order valence-electron chi connectivity index (χ1n) is 5.47. The van der Waals surface area contributed by atoms with Crippen LogP contribution in [0.5, 0.6) is 0 Å². The lowest BCUT2D eigenvalue weighted by atomic mass is 10.2. The standard InChI is InChI=1S/C11H17N5/c1-3-10(4-12)16-8-13-6-11(16)9-5-14-15(2)7-9/h5-8,10H,3-4,12H2,1-2H3. The smallest absolute Gasteiger partial charge is 0.0954 e. The van der Waals surface area contributed by atoms with Gasteiger partial charge in [0.1, 0.15) is 0 Å². The molecule has 2 N–H and O–H groups in total. The molecule has 1 atom stereocenters. The molecule has 5 nitrogen and oxygen atoms in total. The number of nitrogens with zero attached hydrogens (tertiary/aromatic N) is 4. The molecule has 2 aromatic rings. The van der Waals surface area contributed by atoms with E-state index in [9.17, 15) is 0 Å². The number of hydrogen-bond donors (Lipinski definition) is 1. The minimum Gasteiger partial charge on any atom is -0.328 e. The maximum Gasteiger partial charge on any atom is 0.0954 e. The number of aromatic nitrogens is 4. The quantitative estimate of drug-likeness (QED) is 0.840. The number of rotatable bonds is 4. The fourth-order valence-electron chi connectivity index (χ4n) is 1.85. The first-order chi connectivity index (χ1) is 7.76. The molecule has 0 spiro atoms. The van der Waals surface area contributed by atoms with Crippen LogP contribution in [-0.4, -0.2) is 25.9 Å². The van der Waals surface area contributed by atoms with Crippen LogP contribution in [0.3, 0.4) is 0 Å². The number of imidazole rings is 1. The summed E-state index contributed by atoms with van der Waals surface area (Å²) in [5, 5.41) is 4.17. The molecule has 0 amide bonds. The van der Waals surface area contributed by atoms with Crippen molar-refractivity contribution in [1.29, 1.82) is 0 Å². The first kappa shape index (κ1) is 10.9. The van der Waals surface area contributed by atoms with Crippen molar-refractivity contribution in [3.63, 3.8) is 0 Å². The second-order valence-electron chi connectivity index (χ2n) is 3.89. The largest absolute Gasteiger partial charge is 0.328 e. The minimum absolute atomic E-state index is 0.303. The van der Waals surface area contributed by atoms with Crippen LogP contribution in [0.15, 0.2) is 24.9 Å². The van der Waals surface area contributed by atoms with E-state index in [1.807, 2.05) is 32.0 Å². The SMILES string of the molecule is CCC(CN)n1cncc1-c1cnn(C)c1. The Balaban J connectivity index is 2.39. The molecule has 2 rings (SSSR count). The molecule has 0 bridgehead atoms. The van der Waals surface area contributed by atoms with Crippen molar-refractivity contribution >= 4 is 0 Å². The van der Waals surface area contributed by atoms with E-state index in [4.69, 9.17) is 5.73 Å². The van der Waals surface area contributed by atoms with Crippen molar-refractivity contribution in [2.24, 2.45) is 12.8 Å². The average Bonchev–Trinajstić information content (AvgIpc) is 2.88. The third kappa shape index (κ3) is 1.86. The lowest BCUT2D eigenvalue weighted by molar-refractivity contribution is 0.500. The van der Waals surface area contributed by atoms with Gasteiger partial charge in [0, 0.05) is 31.4 Å². The molecule has 0 aliphatic carbocycles. The van der Waals surface area contributed by atoms with Crippen LogP contribution < -0.4 is 5.73 Å². The van der Waals surface area contributed by atoms with Gasteiger partial charge in [-0.15, -0.1) is 0 Å². The Morgan fingerprint density at radius 3 is 2.81 bits per heavy atom. The summed E-state index contributed by atoms with van der Waals surface area (Å²) < 4.78 is 3.91. The normalized spacial score (nSPS) is 12.9. The molecule has 1 unspecified atom stereocenters. The van der Waals surface area contributed by atoms with Gasteiger partial charge in [0.2, 0.25) is 0 Å². The summed E-state index contributed by atoms with van der Waals surface area (Å²) in [5.41, 5.74) is 7.91. The van der Waals surface area contributed by atoms with Crippen molar-refractivity contribution < 1.29 is 0 Å². The Hall–Kier alpha value is -1.62. The highest BCUT2D eigenvalue weighted by atomic mass is 15.2. The Labute approximate surface area is 94.9 Å². The van der Waals surface area contributed by atoms with E-state index in [0.29, 0.717) is 12.6 Å². The zero-order chi connectivity index (χ0) is 11.5. The topological polar surface area (TPSA) is 61.7 Å². The maximum absolute atomic E-state index is 5.76. The van der Waals surface area contributed by atoms with Crippen LogP contribution >= 0.6 is 0 Å². The lowest BCUT2D eigenvalue weighted by Crippen LogP contribution is -2.18. The Kier molecular flexibility index (Phi) is 3.05. The lowest BCUT2D eigenvalue weighted by Gasteiger charge is -2.16. The van der Waals surface area contributed by atoms with E-state index in [2.05, 4.69) is 21.6 Å². The highest BCUT2D eigenvalue weighted by Crippen LogP contribution is 2.22. The second kappa shape index (κ2) is 4.49. The summed E-state index contributed by atoms with van der Waals surface area (Å²) in [6, 6.07) is 0.303. The highest BCUT2D eigenvalue weighted by molar-refractivity contribution is 5.56. The van der Waals surface area contributed by atoms with Gasteiger partial charge in [-0.3, -0.25) is 4.68 Å². The van der Waals surface area contributed by atoms with Gasteiger partial charge in [-0.2, -0.15) is 5.10 Å². The van der Waals surface area contributed by atoms with E-state index in [0.717, 1.165) is 17.7 Å². The summed E-state index contributed by atoms with van der Waals surface area (Å²) in [4.78, 5) is 4.19. The van der Waals surface area contributed by atoms with Crippen LogP contribution in [0.1, 0.15) is 19.4 Å². The number of hydrogen-bond acceptors (Lipinski definition) is 3. The van der Waals surface area contributed by atoms with Crippen molar-refractivity contribution in [2.75, 3.05) is 6.54 Å². The van der Waals surface area contributed by atoms with Gasteiger partial charge in [-0.05, 0) is 6.42 Å². The monoisotopic (exact) mass is 219 g/mol. The molecule has 2 heterocycles. The van der Waals surface area contributed by atoms with Gasteiger partial charge < -0.3 is 10.3 Å². The van der Waals surface area contributed by atoms with Crippen molar-refractivity contribution in [2.45, 2.75) is 19.4 Å². The molecular weight excluding hydrogens is 202 g/mol. The van der Waals surface area contributed by atoms with Crippen LogP contribution in [-0.2, 0) is 7.05 Å². The fourth-order valence-corrected chi connectivity index (χ4v) is 1.85. The maximum atomic E-state index is 5.76. The average molecular weight is 219 g/mol. The van der Waals surface area contributed by atoms with Crippen molar-refractivity contribution in [3.05, 3.63) is 24.9 Å². The molecule has 2 aromatic heterocycles. The van der Waals surface area contributed by atoms with Crippen LogP contribution in [0.4, 0.5) is 0 Å². The minimum atomic E-state index is 0.303. The molecule has 0 fully saturated rings. The summed E-state index contributed by atoms with van der Waals surface area (Å²) >= 11 is 0. The van der Waals surface area contributed by atoms with Gasteiger partial charge in [0.05, 0.1) is 24.4 Å². The Morgan fingerprint density at radius 2 is 2.25 bits per heavy atom. The highest BCUT2D eigenvalue weighted by Gasteiger charge is 2.13. The van der Waals surface area contributed by atoms with E-state index in [-0.39, 0.29) is 0 Å². The predicted molar refractivity (Wildman–Crippen MR) is 62.8 cm³/mol. The molecule has 0 saturated heterocycles.